The number of aromatic nitrogens is 3. The van der Waals surface area contributed by atoms with E-state index in [9.17, 15) is 19.8 Å². The summed E-state index contributed by atoms with van der Waals surface area (Å²) < 4.78 is 0.952. The fraction of sp³-hybridized carbons (Fsp3) is 0.167. The van der Waals surface area contributed by atoms with Gasteiger partial charge in [0.05, 0.1) is 23.9 Å². The van der Waals surface area contributed by atoms with Gasteiger partial charge in [0.25, 0.3) is 5.91 Å². The maximum atomic E-state index is 12.6. The van der Waals surface area contributed by atoms with Crippen LogP contribution in [-0.4, -0.2) is 36.5 Å². The summed E-state index contributed by atoms with van der Waals surface area (Å²) in [4.78, 5) is 32.0. The van der Waals surface area contributed by atoms with E-state index < -0.39 is 11.9 Å². The maximum absolute atomic E-state index is 12.6. The van der Waals surface area contributed by atoms with Crippen LogP contribution in [0.4, 0.5) is 0 Å². The summed E-state index contributed by atoms with van der Waals surface area (Å²) in [6.07, 6.45) is 2.47. The third kappa shape index (κ3) is 2.73. The normalized spacial score (nSPS) is 15.3. The SMILES string of the molecule is N#Cc1ccc2c(c1)CC[C@@H]2NC(=O)c1cc(C(=O)O)n2c(O)cnc2n1. The van der Waals surface area contributed by atoms with Crippen molar-refractivity contribution in [1.29, 1.82) is 5.26 Å². The number of carboxylic acids is 1. The summed E-state index contributed by atoms with van der Waals surface area (Å²) in [7, 11) is 0. The van der Waals surface area contributed by atoms with Gasteiger partial charge in [-0.2, -0.15) is 5.26 Å². The molecule has 2 heterocycles. The zero-order valence-corrected chi connectivity index (χ0v) is 13.9. The Morgan fingerprint density at radius 1 is 1.33 bits per heavy atom. The molecular formula is C18H13N5O4. The van der Waals surface area contributed by atoms with Crippen LogP contribution in [0.1, 0.15) is 50.1 Å². The first-order chi connectivity index (χ1) is 13.0. The Hall–Kier alpha value is -3.93. The second-order valence-corrected chi connectivity index (χ2v) is 6.17. The fourth-order valence-corrected chi connectivity index (χ4v) is 3.32. The number of aryl methyl sites for hydroxylation is 1. The lowest BCUT2D eigenvalue weighted by Gasteiger charge is -2.14. The number of benzene rings is 1. The van der Waals surface area contributed by atoms with Crippen LogP contribution in [0.3, 0.4) is 0 Å². The number of aromatic carboxylic acids is 1. The van der Waals surface area contributed by atoms with Gasteiger partial charge >= 0.3 is 5.97 Å². The van der Waals surface area contributed by atoms with E-state index in [-0.39, 0.29) is 29.1 Å². The van der Waals surface area contributed by atoms with E-state index in [1.54, 1.807) is 6.07 Å². The van der Waals surface area contributed by atoms with Gasteiger partial charge in [0.1, 0.15) is 11.4 Å². The van der Waals surface area contributed by atoms with Crippen molar-refractivity contribution in [1.82, 2.24) is 19.7 Å². The Morgan fingerprint density at radius 3 is 2.89 bits per heavy atom. The van der Waals surface area contributed by atoms with Gasteiger partial charge in [-0.25, -0.2) is 19.2 Å². The molecule has 1 amide bonds. The summed E-state index contributed by atoms with van der Waals surface area (Å²) >= 11 is 0. The number of amides is 1. The molecule has 0 spiro atoms. The summed E-state index contributed by atoms with van der Waals surface area (Å²) in [6.45, 7) is 0. The van der Waals surface area contributed by atoms with Crippen molar-refractivity contribution in [2.75, 3.05) is 0 Å². The van der Waals surface area contributed by atoms with Gasteiger partial charge in [0.15, 0.2) is 0 Å². The topological polar surface area (TPSA) is 141 Å². The molecule has 0 radical (unpaired) electrons. The van der Waals surface area contributed by atoms with Crippen molar-refractivity contribution in [3.63, 3.8) is 0 Å². The average molecular weight is 363 g/mol. The molecule has 0 bridgehead atoms. The van der Waals surface area contributed by atoms with Crippen LogP contribution < -0.4 is 5.32 Å². The number of nitriles is 1. The van der Waals surface area contributed by atoms with Crippen molar-refractivity contribution >= 4 is 17.7 Å². The van der Waals surface area contributed by atoms with Crippen LogP contribution in [-0.2, 0) is 6.42 Å². The molecule has 1 atom stereocenters. The van der Waals surface area contributed by atoms with Crippen LogP contribution >= 0.6 is 0 Å². The molecule has 1 aliphatic carbocycles. The molecule has 0 unspecified atom stereocenters. The van der Waals surface area contributed by atoms with Gasteiger partial charge < -0.3 is 15.5 Å². The largest absolute Gasteiger partial charge is 0.493 e. The van der Waals surface area contributed by atoms with E-state index >= 15 is 0 Å². The van der Waals surface area contributed by atoms with Gasteiger partial charge in [0.2, 0.25) is 11.7 Å². The molecule has 27 heavy (non-hydrogen) atoms. The molecule has 0 fully saturated rings. The third-order valence-corrected chi connectivity index (χ3v) is 4.57. The van der Waals surface area contributed by atoms with Gasteiger partial charge in [-0.3, -0.25) is 4.79 Å². The Balaban J connectivity index is 1.65. The van der Waals surface area contributed by atoms with E-state index in [2.05, 4.69) is 21.4 Å². The van der Waals surface area contributed by atoms with Crippen LogP contribution in [0.5, 0.6) is 5.88 Å². The number of hydrogen-bond acceptors (Lipinski definition) is 6. The number of rotatable bonds is 3. The van der Waals surface area contributed by atoms with Crippen molar-refractivity contribution < 1.29 is 19.8 Å². The number of aromatic hydroxyl groups is 1. The van der Waals surface area contributed by atoms with Gasteiger partial charge in [0, 0.05) is 6.07 Å². The highest BCUT2D eigenvalue weighted by molar-refractivity contribution is 5.96. The molecule has 9 nitrogen and oxygen atoms in total. The van der Waals surface area contributed by atoms with Gasteiger partial charge in [-0.05, 0) is 36.1 Å². The highest BCUT2D eigenvalue weighted by Crippen LogP contribution is 2.32. The zero-order chi connectivity index (χ0) is 19.1. The summed E-state index contributed by atoms with van der Waals surface area (Å²) in [5, 5.41) is 30.9. The second kappa shape index (κ2) is 6.10. The molecular weight excluding hydrogens is 350 g/mol. The number of imidazole rings is 1. The molecule has 134 valence electrons. The van der Waals surface area contributed by atoms with Crippen LogP contribution in [0.15, 0.2) is 30.5 Å². The lowest BCUT2D eigenvalue weighted by Crippen LogP contribution is -2.28. The molecule has 4 rings (SSSR count). The monoisotopic (exact) mass is 363 g/mol. The van der Waals surface area contributed by atoms with Crippen molar-refractivity contribution in [2.45, 2.75) is 18.9 Å². The Labute approximate surface area is 152 Å². The molecule has 9 heteroatoms. The number of nitrogens with zero attached hydrogens (tertiary/aromatic N) is 4. The molecule has 0 saturated heterocycles. The number of nitrogens with one attached hydrogen (secondary N) is 1. The van der Waals surface area contributed by atoms with Crippen LogP contribution in [0.2, 0.25) is 0 Å². The zero-order valence-electron chi connectivity index (χ0n) is 13.9. The average Bonchev–Trinajstić information content (AvgIpc) is 3.24. The minimum absolute atomic E-state index is 0.0805. The number of carbonyl (C=O) groups is 2. The van der Waals surface area contributed by atoms with E-state index in [1.165, 1.54) is 0 Å². The molecule has 3 aromatic rings. The second-order valence-electron chi connectivity index (χ2n) is 6.17. The van der Waals surface area contributed by atoms with Crippen LogP contribution in [0, 0.1) is 11.3 Å². The Kier molecular flexibility index (Phi) is 3.74. The Bertz CT molecular complexity index is 1140. The Morgan fingerprint density at radius 2 is 2.15 bits per heavy atom. The van der Waals surface area contributed by atoms with E-state index in [4.69, 9.17) is 5.26 Å². The van der Waals surface area contributed by atoms with E-state index in [0.29, 0.717) is 12.0 Å². The minimum Gasteiger partial charge on any atom is -0.493 e. The van der Waals surface area contributed by atoms with Crippen molar-refractivity contribution in [3.05, 3.63) is 58.5 Å². The standard InChI is InChI=1S/C18H13N5O4/c19-7-9-1-3-11-10(5-9)2-4-12(11)21-16(25)13-6-14(17(26)27)23-15(24)8-20-18(23)22-13/h1,3,5-6,8,12,24H,2,4H2,(H,21,25)(H,26,27)/t12-/m0/s1. The number of carboxylic acid groups (broad SMARTS) is 1. The first-order valence-electron chi connectivity index (χ1n) is 8.12. The summed E-state index contributed by atoms with van der Waals surface area (Å²) in [5.41, 5.74) is 2.09. The highest BCUT2D eigenvalue weighted by Gasteiger charge is 2.26. The van der Waals surface area contributed by atoms with Crippen molar-refractivity contribution in [3.8, 4) is 11.9 Å². The molecule has 0 aliphatic heterocycles. The first-order valence-corrected chi connectivity index (χ1v) is 8.12. The smallest absolute Gasteiger partial charge is 0.353 e. The molecule has 1 aromatic carbocycles. The predicted octanol–water partition coefficient (Wildman–Crippen LogP) is 1.42. The molecule has 3 N–H and O–H groups in total. The summed E-state index contributed by atoms with van der Waals surface area (Å²) in [6, 6.07) is 8.26. The maximum Gasteiger partial charge on any atom is 0.353 e. The minimum atomic E-state index is -1.32. The number of hydrogen-bond donors (Lipinski definition) is 3. The molecule has 2 aromatic heterocycles. The van der Waals surface area contributed by atoms with Gasteiger partial charge in [-0.15, -0.1) is 0 Å². The van der Waals surface area contributed by atoms with E-state index in [1.807, 2.05) is 12.1 Å². The highest BCUT2D eigenvalue weighted by atomic mass is 16.4. The quantitative estimate of drug-likeness (QED) is 0.639. The summed E-state index contributed by atoms with van der Waals surface area (Å²) in [5.74, 6) is -2.31. The van der Waals surface area contributed by atoms with Gasteiger partial charge in [-0.1, -0.05) is 6.07 Å². The lowest BCUT2D eigenvalue weighted by atomic mass is 10.1. The van der Waals surface area contributed by atoms with E-state index in [0.717, 1.165) is 34.2 Å². The molecule has 0 saturated carbocycles. The lowest BCUT2D eigenvalue weighted by molar-refractivity contribution is 0.0687. The fourth-order valence-electron chi connectivity index (χ4n) is 3.32. The molecule has 1 aliphatic rings. The van der Waals surface area contributed by atoms with Crippen LogP contribution in [0.25, 0.3) is 5.78 Å². The predicted molar refractivity (Wildman–Crippen MR) is 91.3 cm³/mol. The number of carbonyl (C=O) groups excluding carboxylic acids is 1. The first kappa shape index (κ1) is 16.5. The van der Waals surface area contributed by atoms with Crippen molar-refractivity contribution in [2.24, 2.45) is 0 Å². The number of fused-ring (bicyclic) bond motifs is 2. The third-order valence-electron chi connectivity index (χ3n) is 4.57.